The minimum Gasteiger partial charge on any atom is -0.428 e. The molecule has 5 aromatic heterocycles. The number of hydrogen-bond acceptors (Lipinski definition) is 14. The first-order valence-electron chi connectivity index (χ1n) is 33.0. The molecule has 0 bridgehead atoms. The standard InChI is InChI=1S/C25H26N4O2.C16H14ClNO2S.C16H19N3O2.C9H16N2O.C7H4ClNO.ClH/c30-23-25(10-5-13-29(23)17-18-16-26-20-7-2-1-6-19(18)20)11-14-28(15-12-25)24-27-21-8-3-4-9-22(21)31-24;1-12-6-8-14(9-7-12)21(19,20)18-11-13(10-17)15-4-2-3-5-16(15)18;20-14-16(6-3-9-17-14)7-10-19(11-8-16)15-18-12-4-1-2-5-13(12)21-15;12-8-9(2-1-5-11-8)3-6-10-7-4-9;8-7-9-5-3-1-2-4-6(5)10-7;/h1-4,6-9,16,26H,5,10-15,17H2;2-9,11H,10H2,1H3;1-2,4-5H,3,6-11H2,(H,17,20);10H,1-7H2,(H,11,12);1-4H;1H. The Morgan fingerprint density at radius 2 is 1.03 bits per heavy atom. The van der Waals surface area contributed by atoms with E-state index in [1.54, 1.807) is 36.5 Å². The molecule has 19 nitrogen and oxygen atoms in total. The van der Waals surface area contributed by atoms with Gasteiger partial charge in [0.15, 0.2) is 16.7 Å². The van der Waals surface area contributed by atoms with Crippen LogP contribution in [0.2, 0.25) is 5.35 Å². The van der Waals surface area contributed by atoms with Gasteiger partial charge in [0.2, 0.25) is 17.7 Å². The molecule has 6 saturated heterocycles. The molecule has 11 aromatic rings. The van der Waals surface area contributed by atoms with Crippen LogP contribution in [-0.4, -0.2) is 114 Å². The van der Waals surface area contributed by atoms with Gasteiger partial charge >= 0.3 is 0 Å². The van der Waals surface area contributed by atoms with E-state index in [9.17, 15) is 22.8 Å². The number of aryl methyl sites for hydroxylation is 1. The summed E-state index contributed by atoms with van der Waals surface area (Å²) in [5, 5.41) is 11.6. The van der Waals surface area contributed by atoms with Gasteiger partial charge in [-0.05, 0) is 180 Å². The first-order chi connectivity index (χ1) is 46.2. The number of nitrogens with one attached hydrogen (secondary N) is 4. The second-order valence-electron chi connectivity index (χ2n) is 25.8. The lowest BCUT2D eigenvalue weighted by atomic mass is 9.71. The van der Waals surface area contributed by atoms with Gasteiger partial charge < -0.3 is 48.9 Å². The molecule has 17 rings (SSSR count). The molecule has 6 fully saturated rings. The minimum absolute atomic E-state index is 0. The highest BCUT2D eigenvalue weighted by molar-refractivity contribution is 7.90. The summed E-state index contributed by atoms with van der Waals surface area (Å²) >= 11 is 11.4. The largest absolute Gasteiger partial charge is 0.428 e. The molecule has 4 N–H and O–H groups in total. The maximum absolute atomic E-state index is 13.6. The number of hydrogen-bond donors (Lipinski definition) is 4. The molecule has 23 heteroatoms. The van der Waals surface area contributed by atoms with Gasteiger partial charge in [-0.1, -0.05) is 90.5 Å². The van der Waals surface area contributed by atoms with Crippen molar-refractivity contribution in [2.45, 2.75) is 101 Å². The van der Waals surface area contributed by atoms with Crippen LogP contribution in [0.5, 0.6) is 0 Å². The average molecular weight is 1380 g/mol. The maximum Gasteiger partial charge on any atom is 0.298 e. The summed E-state index contributed by atoms with van der Waals surface area (Å²) in [6.45, 7) is 10.4. The predicted octanol–water partition coefficient (Wildman–Crippen LogP) is 14.1. The number of likely N-dealkylation sites (tertiary alicyclic amines) is 1. The number of H-pyrrole nitrogens is 1. The zero-order valence-corrected chi connectivity index (χ0v) is 56.9. The Balaban J connectivity index is 0.000000120. The van der Waals surface area contributed by atoms with E-state index in [0.29, 0.717) is 35.9 Å². The summed E-state index contributed by atoms with van der Waals surface area (Å²) in [5.74, 6) is 1.14. The number of oxazole rings is 3. The number of fused-ring (bicyclic) bond motifs is 5. The fraction of sp³-hybridized carbons (Fsp3) is 0.370. The zero-order valence-electron chi connectivity index (χ0n) is 53.7. The maximum atomic E-state index is 13.6. The SMILES string of the molecule is Cc1ccc(S(=O)(=O)n2cc(CCl)c3ccccc32)cc1.Cl.Clc1nc2ccccc2o1.O=C1N(Cc2c[nH]c3ccccc23)CCCC12CCN(c1nc3ccccc3o1)CC2.O=C1NCCCC12CCN(c1nc3ccccc3o1)CC2.O=C1NCCCC12CCNCC2. The number of benzene rings is 6. The minimum atomic E-state index is -3.61. The molecule has 6 aliphatic heterocycles. The fourth-order valence-electron chi connectivity index (χ4n) is 14.4. The van der Waals surface area contributed by atoms with Crippen molar-refractivity contribution >= 4 is 130 Å². The van der Waals surface area contributed by atoms with Crippen LogP contribution in [0, 0.1) is 23.2 Å². The Hall–Kier alpha value is -8.40. The summed E-state index contributed by atoms with van der Waals surface area (Å²) < 4.78 is 43.7. The van der Waals surface area contributed by atoms with Crippen molar-refractivity contribution in [3.05, 3.63) is 180 Å². The van der Waals surface area contributed by atoms with Crippen molar-refractivity contribution in [3.63, 3.8) is 0 Å². The van der Waals surface area contributed by atoms with Crippen LogP contribution >= 0.6 is 35.6 Å². The van der Waals surface area contributed by atoms with Crippen LogP contribution in [0.1, 0.15) is 93.7 Å². The van der Waals surface area contributed by atoms with E-state index in [-0.39, 0.29) is 50.7 Å². The van der Waals surface area contributed by atoms with Gasteiger partial charge in [-0.2, -0.15) is 15.0 Å². The lowest BCUT2D eigenvalue weighted by Gasteiger charge is -2.46. The molecule has 0 unspecified atom stereocenters. The predicted molar refractivity (Wildman–Crippen MR) is 379 cm³/mol. The molecule has 502 valence electrons. The summed E-state index contributed by atoms with van der Waals surface area (Å²) in [7, 11) is -3.61. The monoisotopic (exact) mass is 1380 g/mol. The van der Waals surface area contributed by atoms with Gasteiger partial charge in [-0.15, -0.1) is 24.0 Å². The molecule has 0 atom stereocenters. The fourth-order valence-corrected chi connectivity index (χ4v) is 16.2. The number of amides is 3. The molecule has 3 spiro atoms. The number of carbonyl (C=O) groups is 3. The van der Waals surface area contributed by atoms with Gasteiger partial charge in [0.05, 0.1) is 26.7 Å². The third-order valence-electron chi connectivity index (χ3n) is 19.9. The molecular weight excluding hydrogens is 1300 g/mol. The number of piperidine rings is 6. The quantitative estimate of drug-likeness (QED) is 0.109. The third-order valence-corrected chi connectivity index (χ3v) is 22.1. The smallest absolute Gasteiger partial charge is 0.298 e. The Morgan fingerprint density at radius 1 is 0.531 bits per heavy atom. The van der Waals surface area contributed by atoms with E-state index in [1.807, 2.05) is 104 Å². The normalized spacial score (nSPS) is 18.2. The van der Waals surface area contributed by atoms with Gasteiger partial charge in [-0.3, -0.25) is 14.4 Å². The number of aromatic amines is 1. The third kappa shape index (κ3) is 14.4. The Labute approximate surface area is 574 Å². The van der Waals surface area contributed by atoms with Gasteiger partial charge in [-0.25, -0.2) is 12.4 Å². The summed E-state index contributed by atoms with van der Waals surface area (Å²) in [6.07, 6.45) is 15.6. The second-order valence-corrected chi connectivity index (χ2v) is 28.2. The van der Waals surface area contributed by atoms with Crippen LogP contribution in [-0.2, 0) is 36.8 Å². The van der Waals surface area contributed by atoms with Gasteiger partial charge in [0.25, 0.3) is 27.4 Å². The molecule has 0 radical (unpaired) electrons. The second kappa shape index (κ2) is 29.5. The highest BCUT2D eigenvalue weighted by Gasteiger charge is 2.47. The van der Waals surface area contributed by atoms with Crippen molar-refractivity contribution in [2.75, 3.05) is 68.7 Å². The lowest BCUT2D eigenvalue weighted by molar-refractivity contribution is -0.148. The molecule has 96 heavy (non-hydrogen) atoms. The van der Waals surface area contributed by atoms with E-state index in [4.69, 9.17) is 36.5 Å². The summed E-state index contributed by atoms with van der Waals surface area (Å²) in [5.41, 5.74) is 9.36. The number of alkyl halides is 1. The van der Waals surface area contributed by atoms with E-state index in [0.717, 1.165) is 191 Å². The van der Waals surface area contributed by atoms with Crippen molar-refractivity contribution in [3.8, 4) is 0 Å². The van der Waals surface area contributed by atoms with Crippen LogP contribution in [0.3, 0.4) is 0 Å². The van der Waals surface area contributed by atoms with Crippen LogP contribution < -0.4 is 25.8 Å². The topological polar surface area (TPSA) is 230 Å². The number of nitrogens with zero attached hydrogens (tertiary/aromatic N) is 7. The highest BCUT2D eigenvalue weighted by atomic mass is 35.5. The van der Waals surface area contributed by atoms with E-state index < -0.39 is 10.0 Å². The Kier molecular flexibility index (Phi) is 20.8. The van der Waals surface area contributed by atoms with Crippen LogP contribution in [0.25, 0.3) is 55.1 Å². The van der Waals surface area contributed by atoms with E-state index in [2.05, 4.69) is 75.0 Å². The lowest BCUT2D eigenvalue weighted by Crippen LogP contribution is -2.53. The summed E-state index contributed by atoms with van der Waals surface area (Å²) in [4.78, 5) is 60.6. The molecule has 3 amide bonds. The number of rotatable bonds is 7. The number of carbonyl (C=O) groups excluding carboxylic acids is 3. The first-order valence-corrected chi connectivity index (χ1v) is 35.4. The van der Waals surface area contributed by atoms with Crippen molar-refractivity contribution in [2.24, 2.45) is 16.2 Å². The molecule has 0 saturated carbocycles. The number of aromatic nitrogens is 5. The number of para-hydroxylation sites is 8. The molecule has 6 aliphatic rings. The zero-order chi connectivity index (χ0) is 65.6. The van der Waals surface area contributed by atoms with E-state index >= 15 is 0 Å². The highest BCUT2D eigenvalue weighted by Crippen LogP contribution is 2.44. The first kappa shape index (κ1) is 67.6. The van der Waals surface area contributed by atoms with Crippen molar-refractivity contribution in [1.82, 2.24) is 44.8 Å². The van der Waals surface area contributed by atoms with Gasteiger partial charge in [0.1, 0.15) is 16.6 Å². The van der Waals surface area contributed by atoms with Crippen LogP contribution in [0.4, 0.5) is 12.0 Å². The van der Waals surface area contributed by atoms with Crippen molar-refractivity contribution in [1.29, 1.82) is 0 Å². The van der Waals surface area contributed by atoms with Gasteiger partial charge in [0, 0.05) is 86.9 Å². The van der Waals surface area contributed by atoms with E-state index in [1.165, 1.54) is 14.9 Å². The Bertz CT molecular complexity index is 4510. The van der Waals surface area contributed by atoms with Crippen LogP contribution in [0.15, 0.2) is 176 Å². The molecule has 0 aliphatic carbocycles. The summed E-state index contributed by atoms with van der Waals surface area (Å²) in [6, 6.07) is 47.0. The molecule has 11 heterocycles. The average Bonchev–Trinajstić information content (AvgIpc) is 1.30. The Morgan fingerprint density at radius 3 is 1.59 bits per heavy atom. The number of anilines is 2. The number of halogens is 3. The molecule has 6 aromatic carbocycles. The molecular formula is C73H80Cl3N11O8S. The van der Waals surface area contributed by atoms with Crippen molar-refractivity contribution < 1.29 is 36.1 Å².